The first kappa shape index (κ1) is 44.8. The second-order valence-corrected chi connectivity index (χ2v) is 13.9. The highest BCUT2D eigenvalue weighted by molar-refractivity contribution is 5.90. The lowest BCUT2D eigenvalue weighted by Gasteiger charge is -2.40. The molecule has 2 aliphatic rings. The SMILES string of the molecule is O=C(O)CC(=O)OC[C@H]1O[C@@H](Oc2cc(O)cc3[o+]c(-c4cc(O)c(O)c(O)c4)c(O[C@@H]4O[C@H](COC(=O)C=Cc5ccc(O)c(O)c5)[C@@H](O)[C@H](O)[C@H]4O)cc23)[C@H](O)[C@@H](O)[C@@H]1O. The van der Waals surface area contributed by atoms with Crippen LogP contribution in [-0.4, -0.2) is 159 Å². The molecule has 0 unspecified atom stereocenters. The second kappa shape index (κ2) is 18.5. The highest BCUT2D eigenvalue weighted by Crippen LogP contribution is 2.45. The van der Waals surface area contributed by atoms with Crippen LogP contribution in [0.5, 0.6) is 46.0 Å². The Kier molecular flexibility index (Phi) is 13.4. The van der Waals surface area contributed by atoms with Crippen LogP contribution in [0.1, 0.15) is 12.0 Å². The maximum absolute atomic E-state index is 12.5. The fourth-order valence-electron chi connectivity index (χ4n) is 6.22. The van der Waals surface area contributed by atoms with Crippen LogP contribution in [0.2, 0.25) is 0 Å². The molecule has 0 bridgehead atoms. The Morgan fingerprint density at radius 1 is 0.645 bits per heavy atom. The number of carbonyl (C=O) groups excluding carboxylic acids is 2. The summed E-state index contributed by atoms with van der Waals surface area (Å²) in [5.74, 6) is -9.00. The summed E-state index contributed by atoms with van der Waals surface area (Å²) < 4.78 is 39.0. The van der Waals surface area contributed by atoms with Crippen molar-refractivity contribution in [3.8, 4) is 57.3 Å². The average Bonchev–Trinajstić information content (AvgIpc) is 3.22. The van der Waals surface area contributed by atoms with Crippen molar-refractivity contribution in [2.45, 2.75) is 67.8 Å². The molecule has 3 aromatic carbocycles. The molecule has 0 aliphatic carbocycles. The molecule has 23 heteroatoms. The first-order valence-electron chi connectivity index (χ1n) is 18.2. The van der Waals surface area contributed by atoms with Gasteiger partial charge >= 0.3 is 29.3 Å². The van der Waals surface area contributed by atoms with Gasteiger partial charge in [-0.3, -0.25) is 9.59 Å². The van der Waals surface area contributed by atoms with Crippen LogP contribution in [0.15, 0.2) is 59.0 Å². The number of aliphatic hydroxyl groups excluding tert-OH is 6. The molecule has 332 valence electrons. The van der Waals surface area contributed by atoms with Crippen molar-refractivity contribution in [2.24, 2.45) is 0 Å². The van der Waals surface area contributed by atoms with Crippen molar-refractivity contribution in [3.63, 3.8) is 0 Å². The summed E-state index contributed by atoms with van der Waals surface area (Å²) in [7, 11) is 0. The number of hydrogen-bond donors (Lipinski definition) is 13. The van der Waals surface area contributed by atoms with Crippen LogP contribution in [0, 0.1) is 0 Å². The van der Waals surface area contributed by atoms with Gasteiger partial charge < -0.3 is 94.8 Å². The first-order chi connectivity index (χ1) is 29.3. The van der Waals surface area contributed by atoms with Crippen molar-refractivity contribution in [3.05, 3.63) is 60.2 Å². The summed E-state index contributed by atoms with van der Waals surface area (Å²) in [6.45, 7) is -1.53. The molecule has 3 heterocycles. The van der Waals surface area contributed by atoms with Gasteiger partial charge in [0, 0.05) is 30.3 Å². The predicted octanol–water partition coefficient (Wildman–Crippen LogP) is -0.738. The Bertz CT molecular complexity index is 2320. The van der Waals surface area contributed by atoms with Crippen molar-refractivity contribution >= 4 is 35.0 Å². The number of rotatable bonds is 13. The van der Waals surface area contributed by atoms with Crippen LogP contribution in [0.4, 0.5) is 0 Å². The summed E-state index contributed by atoms with van der Waals surface area (Å²) >= 11 is 0. The number of aliphatic hydroxyl groups is 6. The normalized spacial score (nSPS) is 26.2. The second-order valence-electron chi connectivity index (χ2n) is 13.9. The first-order valence-corrected chi connectivity index (χ1v) is 18.2. The molecule has 2 saturated heterocycles. The summed E-state index contributed by atoms with van der Waals surface area (Å²) in [6, 6.07) is 8.69. The predicted molar refractivity (Wildman–Crippen MR) is 200 cm³/mol. The van der Waals surface area contributed by atoms with Gasteiger partial charge in [-0.05, 0) is 23.8 Å². The van der Waals surface area contributed by atoms with Gasteiger partial charge in [0.25, 0.3) is 0 Å². The molecule has 2 fully saturated rings. The van der Waals surface area contributed by atoms with Gasteiger partial charge in [-0.2, -0.15) is 0 Å². The summed E-state index contributed by atoms with van der Waals surface area (Å²) in [5, 5.41) is 133. The Balaban J connectivity index is 1.31. The fourth-order valence-corrected chi connectivity index (χ4v) is 6.22. The summed E-state index contributed by atoms with van der Waals surface area (Å²) in [5.41, 5.74) is -0.177. The monoisotopic (exact) mass is 875 g/mol. The number of phenolic OH excluding ortho intramolecular Hbond substituents is 6. The standard InChI is InChI=1S/C39H38O23/c40-16-8-22-17(23(9-16)59-38-35(54)33(52)32(51)26(61-38)13-57-29(48)11-27(45)46)10-24(37(58-22)15-6-20(43)30(49)21(44)7-15)60-39-36(55)34(53)31(50)25(62-39)12-56-28(47)4-2-14-1-3-18(41)19(42)5-14/h1-10,25-26,31-36,38-39,50-55H,11-13H2,(H6-,40,41,42,43,44,45,46,47,49)/p+1/t25-,26-,31-,32-,33+,34+,35-,36-,38-,39-/m1/s1. The number of carboxylic acids is 1. The number of phenols is 6. The Hall–Kier alpha value is -6.70. The van der Waals surface area contributed by atoms with Gasteiger partial charge in [0.1, 0.15) is 85.4 Å². The highest BCUT2D eigenvalue weighted by Gasteiger charge is 2.48. The van der Waals surface area contributed by atoms with E-state index in [0.29, 0.717) is 5.56 Å². The van der Waals surface area contributed by atoms with Crippen molar-refractivity contribution < 1.29 is 114 Å². The topological polar surface area (TPSA) is 381 Å². The quantitative estimate of drug-likeness (QED) is 0.0259. The van der Waals surface area contributed by atoms with E-state index in [1.165, 1.54) is 18.2 Å². The van der Waals surface area contributed by atoms with E-state index in [4.69, 9.17) is 37.9 Å². The van der Waals surface area contributed by atoms with E-state index in [9.17, 15) is 75.7 Å². The van der Waals surface area contributed by atoms with Crippen molar-refractivity contribution in [1.29, 1.82) is 0 Å². The molecule has 10 atom stereocenters. The van der Waals surface area contributed by atoms with Gasteiger partial charge in [0.05, 0.1) is 11.6 Å². The maximum Gasteiger partial charge on any atom is 0.402 e. The minimum atomic E-state index is -2.04. The molecule has 23 nitrogen and oxygen atoms in total. The number of hydrogen-bond acceptors (Lipinski definition) is 21. The lowest BCUT2D eigenvalue weighted by molar-refractivity contribution is -0.278. The smallest absolute Gasteiger partial charge is 0.402 e. The number of aromatic hydroxyl groups is 6. The van der Waals surface area contributed by atoms with E-state index in [0.717, 1.165) is 42.5 Å². The molecular weight excluding hydrogens is 836 g/mol. The minimum Gasteiger partial charge on any atom is -0.507 e. The number of benzene rings is 3. The molecule has 2 aliphatic heterocycles. The number of esters is 2. The Labute approximate surface area is 346 Å². The third-order valence-corrected chi connectivity index (χ3v) is 9.46. The van der Waals surface area contributed by atoms with E-state index < -0.39 is 151 Å². The van der Waals surface area contributed by atoms with Crippen LogP contribution in [0.3, 0.4) is 0 Å². The van der Waals surface area contributed by atoms with E-state index in [1.807, 2.05) is 0 Å². The summed E-state index contributed by atoms with van der Waals surface area (Å²) in [4.78, 5) is 35.2. The fraction of sp³-hybridized carbons (Fsp3) is 0.333. The number of ether oxygens (including phenoxy) is 6. The van der Waals surface area contributed by atoms with Gasteiger partial charge in [-0.15, -0.1) is 0 Å². The van der Waals surface area contributed by atoms with Gasteiger partial charge in [-0.1, -0.05) is 6.07 Å². The molecule has 4 aromatic rings. The molecule has 1 aromatic heterocycles. The van der Waals surface area contributed by atoms with Gasteiger partial charge in [-0.25, -0.2) is 9.21 Å². The molecule has 0 amide bonds. The number of carboxylic acid groups (broad SMARTS) is 1. The van der Waals surface area contributed by atoms with Gasteiger partial charge in [0.2, 0.25) is 18.3 Å². The molecule has 0 saturated carbocycles. The third-order valence-electron chi connectivity index (χ3n) is 9.46. The van der Waals surface area contributed by atoms with Crippen LogP contribution in [0.25, 0.3) is 28.4 Å². The molecule has 0 radical (unpaired) electrons. The number of aliphatic carboxylic acids is 1. The largest absolute Gasteiger partial charge is 0.507 e. The zero-order valence-electron chi connectivity index (χ0n) is 31.6. The third kappa shape index (κ3) is 9.91. The van der Waals surface area contributed by atoms with E-state index in [1.54, 1.807) is 0 Å². The maximum atomic E-state index is 12.5. The highest BCUT2D eigenvalue weighted by atomic mass is 16.7. The number of carbonyl (C=O) groups is 3. The molecule has 62 heavy (non-hydrogen) atoms. The molecule has 6 rings (SSSR count). The van der Waals surface area contributed by atoms with E-state index in [2.05, 4.69) is 0 Å². The zero-order chi connectivity index (χ0) is 45.2. The lowest BCUT2D eigenvalue weighted by Crippen LogP contribution is -2.60. The summed E-state index contributed by atoms with van der Waals surface area (Å²) in [6.07, 6.45) is -17.7. The number of fused-ring (bicyclic) bond motifs is 1. The Morgan fingerprint density at radius 3 is 1.81 bits per heavy atom. The van der Waals surface area contributed by atoms with E-state index in [-0.39, 0.29) is 16.5 Å². The van der Waals surface area contributed by atoms with Crippen molar-refractivity contribution in [1.82, 2.24) is 0 Å². The van der Waals surface area contributed by atoms with Gasteiger partial charge in [0.15, 0.2) is 28.7 Å². The Morgan fingerprint density at radius 2 is 1.23 bits per heavy atom. The zero-order valence-corrected chi connectivity index (χ0v) is 31.6. The molecule has 0 spiro atoms. The van der Waals surface area contributed by atoms with E-state index >= 15 is 0 Å². The van der Waals surface area contributed by atoms with Crippen LogP contribution >= 0.6 is 0 Å². The minimum absolute atomic E-state index is 0.153. The molecule has 13 N–H and O–H groups in total. The molecular formula is C39H39O23+. The average molecular weight is 876 g/mol. The van der Waals surface area contributed by atoms with Crippen molar-refractivity contribution in [2.75, 3.05) is 13.2 Å². The van der Waals surface area contributed by atoms with Crippen LogP contribution in [-0.2, 0) is 33.3 Å². The van der Waals surface area contributed by atoms with Crippen LogP contribution < -0.4 is 9.47 Å². The lowest BCUT2D eigenvalue weighted by atomic mass is 9.99.